The van der Waals surface area contributed by atoms with Crippen LogP contribution in [0.3, 0.4) is 0 Å². The van der Waals surface area contributed by atoms with E-state index in [9.17, 15) is 14.4 Å². The zero-order valence-electron chi connectivity index (χ0n) is 16.3. The highest BCUT2D eigenvalue weighted by Crippen LogP contribution is 2.27. The van der Waals surface area contributed by atoms with Gasteiger partial charge in [0.25, 0.3) is 0 Å². The Morgan fingerprint density at radius 2 is 1.96 bits per heavy atom. The molecule has 1 aromatic heterocycles. The summed E-state index contributed by atoms with van der Waals surface area (Å²) in [5.41, 5.74) is 0.563. The molecule has 0 saturated carbocycles. The van der Waals surface area contributed by atoms with Crippen LogP contribution in [0.2, 0.25) is 0 Å². The van der Waals surface area contributed by atoms with Crippen molar-refractivity contribution >= 4 is 11.9 Å². The minimum atomic E-state index is -0.355. The van der Waals surface area contributed by atoms with Crippen molar-refractivity contribution in [1.29, 1.82) is 0 Å². The maximum atomic E-state index is 12.6. The number of amides is 1. The van der Waals surface area contributed by atoms with Gasteiger partial charge < -0.3 is 9.64 Å². The fourth-order valence-electron chi connectivity index (χ4n) is 3.58. The van der Waals surface area contributed by atoms with Crippen LogP contribution < -0.4 is 5.69 Å². The van der Waals surface area contributed by atoms with Crippen LogP contribution in [0.4, 0.5) is 0 Å². The normalized spacial score (nSPS) is 16.8. The SMILES string of the molecule is CCOC(=O)CCC(=O)N1CCC[C@H](c2nn(C)c(=O)n2-c2ccccc2)C1. The molecule has 28 heavy (non-hydrogen) atoms. The number of esters is 1. The molecule has 2 heterocycles. The van der Waals surface area contributed by atoms with Gasteiger partial charge >= 0.3 is 11.7 Å². The van der Waals surface area contributed by atoms with Crippen molar-refractivity contribution in [3.63, 3.8) is 0 Å². The summed E-state index contributed by atoms with van der Waals surface area (Å²) in [6.45, 7) is 3.20. The Balaban J connectivity index is 1.76. The van der Waals surface area contributed by atoms with Crippen LogP contribution in [0.1, 0.15) is 44.3 Å². The first-order chi connectivity index (χ1) is 13.5. The van der Waals surface area contributed by atoms with Crippen LogP contribution in [0.5, 0.6) is 0 Å². The van der Waals surface area contributed by atoms with Gasteiger partial charge in [0.1, 0.15) is 5.82 Å². The second-order valence-electron chi connectivity index (χ2n) is 6.92. The second kappa shape index (κ2) is 8.86. The first kappa shape index (κ1) is 19.9. The number of piperidine rings is 1. The summed E-state index contributed by atoms with van der Waals surface area (Å²) < 4.78 is 7.85. The summed E-state index contributed by atoms with van der Waals surface area (Å²) in [6, 6.07) is 9.40. The fourth-order valence-corrected chi connectivity index (χ4v) is 3.58. The van der Waals surface area contributed by atoms with Crippen molar-refractivity contribution < 1.29 is 14.3 Å². The van der Waals surface area contributed by atoms with Crippen LogP contribution in [-0.4, -0.2) is 50.8 Å². The molecular formula is C20H26N4O4. The van der Waals surface area contributed by atoms with E-state index in [1.54, 1.807) is 23.4 Å². The van der Waals surface area contributed by atoms with Crippen molar-refractivity contribution in [2.24, 2.45) is 7.05 Å². The van der Waals surface area contributed by atoms with Gasteiger partial charge in [-0.2, -0.15) is 5.10 Å². The average molecular weight is 386 g/mol. The molecule has 8 heteroatoms. The van der Waals surface area contributed by atoms with Gasteiger partial charge in [-0.05, 0) is 31.9 Å². The predicted molar refractivity (Wildman–Crippen MR) is 103 cm³/mol. The van der Waals surface area contributed by atoms with E-state index in [1.807, 2.05) is 30.3 Å². The molecule has 8 nitrogen and oxygen atoms in total. The Bertz CT molecular complexity index is 887. The van der Waals surface area contributed by atoms with E-state index in [-0.39, 0.29) is 36.3 Å². The molecule has 0 radical (unpaired) electrons. The minimum Gasteiger partial charge on any atom is -0.466 e. The number of hydrogen-bond donors (Lipinski definition) is 0. The van der Waals surface area contributed by atoms with Crippen LogP contribution >= 0.6 is 0 Å². The van der Waals surface area contributed by atoms with Crippen LogP contribution in [0.25, 0.3) is 5.69 Å². The van der Waals surface area contributed by atoms with E-state index >= 15 is 0 Å². The maximum absolute atomic E-state index is 12.6. The van der Waals surface area contributed by atoms with E-state index < -0.39 is 0 Å². The van der Waals surface area contributed by atoms with Gasteiger partial charge in [0.2, 0.25) is 5.91 Å². The second-order valence-corrected chi connectivity index (χ2v) is 6.92. The zero-order chi connectivity index (χ0) is 20.1. The number of rotatable bonds is 6. The summed E-state index contributed by atoms with van der Waals surface area (Å²) >= 11 is 0. The van der Waals surface area contributed by atoms with Gasteiger partial charge in [-0.3, -0.25) is 9.59 Å². The quantitative estimate of drug-likeness (QED) is 0.704. The minimum absolute atomic E-state index is 0.0330. The lowest BCUT2D eigenvalue weighted by Gasteiger charge is -2.32. The Morgan fingerprint density at radius 3 is 2.68 bits per heavy atom. The number of aryl methyl sites for hydroxylation is 1. The molecule has 2 aromatic rings. The van der Waals surface area contributed by atoms with E-state index in [2.05, 4.69) is 5.10 Å². The molecule has 0 spiro atoms. The first-order valence-corrected chi connectivity index (χ1v) is 9.66. The molecule has 3 rings (SSSR count). The van der Waals surface area contributed by atoms with Gasteiger partial charge in [0.05, 0.1) is 18.7 Å². The molecule has 1 saturated heterocycles. The molecule has 1 atom stereocenters. The number of benzene rings is 1. The molecule has 0 unspecified atom stereocenters. The van der Waals surface area contributed by atoms with Crippen LogP contribution in [-0.2, 0) is 21.4 Å². The Kier molecular flexibility index (Phi) is 6.28. The van der Waals surface area contributed by atoms with Gasteiger partial charge in [-0.15, -0.1) is 0 Å². The van der Waals surface area contributed by atoms with Crippen molar-refractivity contribution in [3.8, 4) is 5.69 Å². The smallest absolute Gasteiger partial charge is 0.350 e. The van der Waals surface area contributed by atoms with Gasteiger partial charge in [0.15, 0.2) is 0 Å². The third kappa shape index (κ3) is 4.32. The van der Waals surface area contributed by atoms with E-state index in [4.69, 9.17) is 4.74 Å². The molecular weight excluding hydrogens is 360 g/mol. The number of carbonyl (C=O) groups is 2. The largest absolute Gasteiger partial charge is 0.466 e. The number of hydrogen-bond acceptors (Lipinski definition) is 5. The lowest BCUT2D eigenvalue weighted by molar-refractivity contribution is -0.146. The van der Waals surface area contributed by atoms with E-state index in [0.29, 0.717) is 25.5 Å². The standard InChI is InChI=1S/C20H26N4O4/c1-3-28-18(26)12-11-17(25)23-13-7-8-15(14-23)19-21-22(2)20(27)24(19)16-9-5-4-6-10-16/h4-6,9-10,15H,3,7-8,11-14H2,1-2H3/t15-/m0/s1. The van der Waals surface area contributed by atoms with Gasteiger partial charge in [0, 0.05) is 32.5 Å². The number of para-hydroxylation sites is 1. The first-order valence-electron chi connectivity index (χ1n) is 9.66. The summed E-state index contributed by atoms with van der Waals surface area (Å²) in [5.74, 6) is 0.213. The van der Waals surface area contributed by atoms with E-state index in [1.165, 1.54) is 4.68 Å². The highest BCUT2D eigenvalue weighted by Gasteiger charge is 2.29. The molecule has 1 aliphatic heterocycles. The molecule has 150 valence electrons. The van der Waals surface area contributed by atoms with Crippen molar-refractivity contribution in [3.05, 3.63) is 46.6 Å². The number of ether oxygens (including phenoxy) is 1. The highest BCUT2D eigenvalue weighted by atomic mass is 16.5. The third-order valence-electron chi connectivity index (χ3n) is 4.95. The molecule has 1 fully saturated rings. The summed E-state index contributed by atoms with van der Waals surface area (Å²) in [7, 11) is 1.64. The number of nitrogens with zero attached hydrogens (tertiary/aromatic N) is 4. The Hall–Kier alpha value is -2.90. The van der Waals surface area contributed by atoms with Crippen molar-refractivity contribution in [2.45, 2.75) is 38.5 Å². The third-order valence-corrected chi connectivity index (χ3v) is 4.95. The molecule has 0 bridgehead atoms. The number of likely N-dealkylation sites (tertiary alicyclic amines) is 1. The Labute approximate surface area is 163 Å². The summed E-state index contributed by atoms with van der Waals surface area (Å²) in [6.07, 6.45) is 1.91. The predicted octanol–water partition coefficient (Wildman–Crippen LogP) is 1.62. The zero-order valence-corrected chi connectivity index (χ0v) is 16.3. The lowest BCUT2D eigenvalue weighted by Crippen LogP contribution is -2.40. The lowest BCUT2D eigenvalue weighted by atomic mass is 9.96. The highest BCUT2D eigenvalue weighted by molar-refractivity contribution is 5.81. The maximum Gasteiger partial charge on any atom is 0.350 e. The van der Waals surface area contributed by atoms with Crippen LogP contribution in [0.15, 0.2) is 35.1 Å². The molecule has 0 aliphatic carbocycles. The van der Waals surface area contributed by atoms with E-state index in [0.717, 1.165) is 18.5 Å². The van der Waals surface area contributed by atoms with Gasteiger partial charge in [-0.25, -0.2) is 14.0 Å². The summed E-state index contributed by atoms with van der Waals surface area (Å²) in [5, 5.41) is 4.46. The Morgan fingerprint density at radius 1 is 1.21 bits per heavy atom. The van der Waals surface area contributed by atoms with Crippen molar-refractivity contribution in [1.82, 2.24) is 19.2 Å². The fraction of sp³-hybridized carbons (Fsp3) is 0.500. The van der Waals surface area contributed by atoms with Gasteiger partial charge in [-0.1, -0.05) is 18.2 Å². The molecule has 0 N–H and O–H groups in total. The molecule has 1 aliphatic rings. The molecule has 1 amide bonds. The number of aromatic nitrogens is 3. The topological polar surface area (TPSA) is 86.4 Å². The summed E-state index contributed by atoms with van der Waals surface area (Å²) in [4.78, 5) is 38.4. The average Bonchev–Trinajstić information content (AvgIpc) is 3.02. The van der Waals surface area contributed by atoms with Crippen molar-refractivity contribution in [2.75, 3.05) is 19.7 Å². The van der Waals surface area contributed by atoms with Crippen LogP contribution in [0, 0.1) is 0 Å². The monoisotopic (exact) mass is 386 g/mol. The number of carbonyl (C=O) groups excluding carboxylic acids is 2. The molecule has 1 aromatic carbocycles.